The van der Waals surface area contributed by atoms with E-state index in [9.17, 15) is 4.79 Å². The molecule has 6 heteroatoms. The molecule has 25 heavy (non-hydrogen) atoms. The van der Waals surface area contributed by atoms with Crippen LogP contribution in [-0.2, 0) is 16.1 Å². The summed E-state index contributed by atoms with van der Waals surface area (Å²) in [5.74, 6) is 0.833. The Kier molecular flexibility index (Phi) is 6.09. The molecule has 0 fully saturated rings. The van der Waals surface area contributed by atoms with Crippen LogP contribution < -0.4 is 4.74 Å². The molecule has 4 nitrogen and oxygen atoms in total. The number of carbonyl (C=O) groups excluding carboxylic acids is 1. The normalized spacial score (nSPS) is 10.4. The Morgan fingerprint density at radius 2 is 2.00 bits per heavy atom. The number of methoxy groups -OCH3 is 1. The van der Waals surface area contributed by atoms with Gasteiger partial charge in [0.1, 0.15) is 17.4 Å². The van der Waals surface area contributed by atoms with E-state index in [0.717, 1.165) is 26.9 Å². The van der Waals surface area contributed by atoms with Gasteiger partial charge in [-0.2, -0.15) is 0 Å². The molecule has 128 valence electrons. The predicted molar refractivity (Wildman–Crippen MR) is 101 cm³/mol. The lowest BCUT2D eigenvalue weighted by molar-refractivity contribution is -0.141. The zero-order chi connectivity index (χ0) is 17.5. The molecular formula is C19H17NO3S2. The number of aromatic nitrogens is 1. The fourth-order valence-corrected chi connectivity index (χ4v) is 3.64. The molecule has 3 aromatic rings. The molecule has 0 amide bonds. The Bertz CT molecular complexity index is 833. The maximum Gasteiger partial charge on any atom is 0.316 e. The first kappa shape index (κ1) is 17.5. The van der Waals surface area contributed by atoms with Crippen LogP contribution in [0, 0.1) is 0 Å². The monoisotopic (exact) mass is 371 g/mol. The maximum atomic E-state index is 11.9. The first-order valence-corrected chi connectivity index (χ1v) is 9.53. The minimum atomic E-state index is -0.246. The van der Waals surface area contributed by atoms with Crippen molar-refractivity contribution >= 4 is 29.1 Å². The first-order chi connectivity index (χ1) is 12.2. The van der Waals surface area contributed by atoms with Crippen LogP contribution in [0.25, 0.3) is 10.6 Å². The molecule has 1 aromatic heterocycles. The third kappa shape index (κ3) is 5.08. The van der Waals surface area contributed by atoms with Crippen LogP contribution in [0.3, 0.4) is 0 Å². The lowest BCUT2D eigenvalue weighted by Gasteiger charge is -2.03. The van der Waals surface area contributed by atoms with Crippen molar-refractivity contribution in [3.63, 3.8) is 0 Å². The molecule has 0 aliphatic rings. The molecule has 1 heterocycles. The fourth-order valence-electron chi connectivity index (χ4n) is 2.12. The number of thioether (sulfide) groups is 1. The molecule has 0 aliphatic heterocycles. The molecule has 0 spiro atoms. The molecule has 0 N–H and O–H groups in total. The van der Waals surface area contributed by atoms with Crippen molar-refractivity contribution in [2.24, 2.45) is 0 Å². The van der Waals surface area contributed by atoms with Crippen LogP contribution >= 0.6 is 23.1 Å². The Morgan fingerprint density at radius 1 is 1.16 bits per heavy atom. The van der Waals surface area contributed by atoms with E-state index in [-0.39, 0.29) is 18.3 Å². The summed E-state index contributed by atoms with van der Waals surface area (Å²) < 4.78 is 10.5. The SMILES string of the molecule is COc1cccc(-c2nc(COC(=O)CSc3ccccc3)cs2)c1. The summed E-state index contributed by atoms with van der Waals surface area (Å²) in [7, 11) is 1.64. The van der Waals surface area contributed by atoms with Gasteiger partial charge in [0.25, 0.3) is 0 Å². The minimum absolute atomic E-state index is 0.189. The van der Waals surface area contributed by atoms with Gasteiger partial charge in [0.05, 0.1) is 18.6 Å². The van der Waals surface area contributed by atoms with Gasteiger partial charge in [-0.15, -0.1) is 23.1 Å². The van der Waals surface area contributed by atoms with E-state index >= 15 is 0 Å². The van der Waals surface area contributed by atoms with E-state index in [1.807, 2.05) is 60.0 Å². The van der Waals surface area contributed by atoms with Crippen LogP contribution in [0.1, 0.15) is 5.69 Å². The minimum Gasteiger partial charge on any atom is -0.497 e. The number of ether oxygens (including phenoxy) is 2. The average molecular weight is 371 g/mol. The number of hydrogen-bond donors (Lipinski definition) is 0. The Labute approximate surface area is 154 Å². The number of rotatable bonds is 7. The van der Waals surface area contributed by atoms with Crippen molar-refractivity contribution in [1.29, 1.82) is 0 Å². The van der Waals surface area contributed by atoms with Gasteiger partial charge >= 0.3 is 5.97 Å². The third-order valence-electron chi connectivity index (χ3n) is 3.35. The molecule has 0 bridgehead atoms. The highest BCUT2D eigenvalue weighted by molar-refractivity contribution is 8.00. The summed E-state index contributed by atoms with van der Waals surface area (Å²) in [6.45, 7) is 0.189. The number of hydrogen-bond acceptors (Lipinski definition) is 6. The topological polar surface area (TPSA) is 48.4 Å². The standard InChI is InChI=1S/C19H17NO3S2/c1-22-16-7-5-6-14(10-16)19-20-15(12-25-19)11-23-18(21)13-24-17-8-3-2-4-9-17/h2-10,12H,11,13H2,1H3. The van der Waals surface area contributed by atoms with Gasteiger partial charge in [0.2, 0.25) is 0 Å². The van der Waals surface area contributed by atoms with Gasteiger partial charge in [0, 0.05) is 15.8 Å². The highest BCUT2D eigenvalue weighted by Gasteiger charge is 2.09. The van der Waals surface area contributed by atoms with Crippen LogP contribution in [-0.4, -0.2) is 23.8 Å². The quantitative estimate of drug-likeness (QED) is 0.447. The summed E-state index contributed by atoms with van der Waals surface area (Å²) in [4.78, 5) is 17.4. The number of benzene rings is 2. The smallest absolute Gasteiger partial charge is 0.316 e. The highest BCUT2D eigenvalue weighted by Crippen LogP contribution is 2.27. The summed E-state index contributed by atoms with van der Waals surface area (Å²) in [6.07, 6.45) is 0. The van der Waals surface area contributed by atoms with E-state index in [2.05, 4.69) is 4.98 Å². The molecule has 0 atom stereocenters. The molecule has 0 radical (unpaired) electrons. The maximum absolute atomic E-state index is 11.9. The van der Waals surface area contributed by atoms with Crippen molar-refractivity contribution in [1.82, 2.24) is 4.98 Å². The lowest BCUT2D eigenvalue weighted by atomic mass is 10.2. The summed E-state index contributed by atoms with van der Waals surface area (Å²) >= 11 is 2.98. The zero-order valence-electron chi connectivity index (χ0n) is 13.7. The predicted octanol–water partition coefficient (Wildman–Crippen LogP) is 4.65. The van der Waals surface area contributed by atoms with E-state index in [4.69, 9.17) is 9.47 Å². The van der Waals surface area contributed by atoms with Crippen LogP contribution in [0.4, 0.5) is 0 Å². The van der Waals surface area contributed by atoms with Crippen molar-refractivity contribution in [3.8, 4) is 16.3 Å². The Morgan fingerprint density at radius 3 is 2.80 bits per heavy atom. The molecule has 0 saturated carbocycles. The van der Waals surface area contributed by atoms with Crippen molar-refractivity contribution < 1.29 is 14.3 Å². The van der Waals surface area contributed by atoms with Gasteiger partial charge in [-0.25, -0.2) is 4.98 Å². The first-order valence-electron chi connectivity index (χ1n) is 7.67. The highest BCUT2D eigenvalue weighted by atomic mass is 32.2. The van der Waals surface area contributed by atoms with Gasteiger partial charge in [-0.05, 0) is 24.3 Å². The molecule has 2 aromatic carbocycles. The third-order valence-corrected chi connectivity index (χ3v) is 5.28. The van der Waals surface area contributed by atoms with E-state index in [1.165, 1.54) is 23.1 Å². The summed E-state index contributed by atoms with van der Waals surface area (Å²) in [6, 6.07) is 17.5. The summed E-state index contributed by atoms with van der Waals surface area (Å²) in [5.41, 5.74) is 1.74. The van der Waals surface area contributed by atoms with Crippen LogP contribution in [0.2, 0.25) is 0 Å². The molecule has 3 rings (SSSR count). The Balaban J connectivity index is 1.52. The average Bonchev–Trinajstić information content (AvgIpc) is 3.15. The summed E-state index contributed by atoms with van der Waals surface area (Å²) in [5, 5.41) is 2.79. The number of thiazole rings is 1. The second kappa shape index (κ2) is 8.69. The van der Waals surface area contributed by atoms with Gasteiger partial charge in [0.15, 0.2) is 0 Å². The van der Waals surface area contributed by atoms with E-state index in [0.29, 0.717) is 0 Å². The van der Waals surface area contributed by atoms with Crippen molar-refractivity contribution in [2.45, 2.75) is 11.5 Å². The van der Waals surface area contributed by atoms with Crippen molar-refractivity contribution in [2.75, 3.05) is 12.9 Å². The van der Waals surface area contributed by atoms with E-state index < -0.39 is 0 Å². The number of esters is 1. The van der Waals surface area contributed by atoms with E-state index in [1.54, 1.807) is 7.11 Å². The largest absolute Gasteiger partial charge is 0.497 e. The Hall–Kier alpha value is -2.31. The second-order valence-corrected chi connectivity index (χ2v) is 7.05. The number of carbonyl (C=O) groups is 1. The zero-order valence-corrected chi connectivity index (χ0v) is 15.3. The fraction of sp³-hybridized carbons (Fsp3) is 0.158. The van der Waals surface area contributed by atoms with Gasteiger partial charge in [-0.3, -0.25) is 4.79 Å². The lowest BCUT2D eigenvalue weighted by Crippen LogP contribution is -2.07. The van der Waals surface area contributed by atoms with Crippen LogP contribution in [0.5, 0.6) is 5.75 Å². The second-order valence-electron chi connectivity index (χ2n) is 5.14. The van der Waals surface area contributed by atoms with Gasteiger partial charge < -0.3 is 9.47 Å². The molecular weight excluding hydrogens is 354 g/mol. The number of nitrogens with zero attached hydrogens (tertiary/aromatic N) is 1. The molecule has 0 aliphatic carbocycles. The van der Waals surface area contributed by atoms with Crippen LogP contribution in [0.15, 0.2) is 64.9 Å². The van der Waals surface area contributed by atoms with Crippen molar-refractivity contribution in [3.05, 3.63) is 65.7 Å². The van der Waals surface area contributed by atoms with Gasteiger partial charge in [-0.1, -0.05) is 30.3 Å². The molecule has 0 saturated heterocycles. The molecule has 0 unspecified atom stereocenters.